The first kappa shape index (κ1) is 12.4. The molecule has 0 saturated heterocycles. The molecule has 2 N–H and O–H groups in total. The molecule has 0 bridgehead atoms. The lowest BCUT2D eigenvalue weighted by atomic mass is 10.2. The van der Waals surface area contributed by atoms with E-state index in [4.69, 9.17) is 0 Å². The van der Waals surface area contributed by atoms with E-state index in [0.717, 1.165) is 15.7 Å². The van der Waals surface area contributed by atoms with Crippen LogP contribution in [0.3, 0.4) is 0 Å². The third-order valence-electron chi connectivity index (χ3n) is 3.06. The molecular formula is C13H17BrN2O. The van der Waals surface area contributed by atoms with Crippen molar-refractivity contribution in [3.63, 3.8) is 0 Å². The molecule has 0 aliphatic heterocycles. The van der Waals surface area contributed by atoms with Crippen molar-refractivity contribution < 1.29 is 4.79 Å². The van der Waals surface area contributed by atoms with Crippen molar-refractivity contribution in [1.82, 2.24) is 5.32 Å². The number of hydrogen-bond acceptors (Lipinski definition) is 1. The Kier molecular flexibility index (Phi) is 3.72. The molecule has 1 fully saturated rings. The first-order chi connectivity index (χ1) is 8.06. The summed E-state index contributed by atoms with van der Waals surface area (Å²) in [5.74, 6) is 0.669. The number of benzene rings is 1. The summed E-state index contributed by atoms with van der Waals surface area (Å²) < 4.78 is 0.909. The van der Waals surface area contributed by atoms with Gasteiger partial charge >= 0.3 is 6.03 Å². The van der Waals surface area contributed by atoms with E-state index in [9.17, 15) is 4.79 Å². The molecule has 0 heterocycles. The molecule has 17 heavy (non-hydrogen) atoms. The van der Waals surface area contributed by atoms with E-state index >= 15 is 0 Å². The third-order valence-corrected chi connectivity index (χ3v) is 3.72. The van der Waals surface area contributed by atoms with Gasteiger partial charge in [-0.1, -0.05) is 6.07 Å². The monoisotopic (exact) mass is 296 g/mol. The van der Waals surface area contributed by atoms with E-state index in [0.29, 0.717) is 5.92 Å². The highest BCUT2D eigenvalue weighted by Gasteiger charge is 2.28. The minimum atomic E-state index is -0.131. The lowest BCUT2D eigenvalue weighted by Crippen LogP contribution is -2.37. The Morgan fingerprint density at radius 2 is 2.18 bits per heavy atom. The van der Waals surface area contributed by atoms with Gasteiger partial charge < -0.3 is 10.6 Å². The van der Waals surface area contributed by atoms with Crippen LogP contribution in [0.1, 0.15) is 25.3 Å². The molecule has 1 saturated carbocycles. The van der Waals surface area contributed by atoms with Crippen LogP contribution in [-0.4, -0.2) is 12.1 Å². The molecule has 0 radical (unpaired) electrons. The van der Waals surface area contributed by atoms with Gasteiger partial charge in [-0.3, -0.25) is 0 Å². The van der Waals surface area contributed by atoms with E-state index in [1.807, 2.05) is 25.1 Å². The summed E-state index contributed by atoms with van der Waals surface area (Å²) in [6.45, 7) is 4.07. The Hall–Kier alpha value is -1.03. The van der Waals surface area contributed by atoms with Gasteiger partial charge in [-0.05, 0) is 66.2 Å². The highest BCUT2D eigenvalue weighted by molar-refractivity contribution is 9.10. The van der Waals surface area contributed by atoms with Gasteiger partial charge in [-0.15, -0.1) is 0 Å². The van der Waals surface area contributed by atoms with Crippen molar-refractivity contribution >= 4 is 27.6 Å². The van der Waals surface area contributed by atoms with E-state index < -0.39 is 0 Å². The molecular weight excluding hydrogens is 280 g/mol. The van der Waals surface area contributed by atoms with Gasteiger partial charge in [0.25, 0.3) is 0 Å². The number of carbonyl (C=O) groups is 1. The third kappa shape index (κ3) is 3.46. The summed E-state index contributed by atoms with van der Waals surface area (Å²) in [6, 6.07) is 6.00. The molecule has 2 amide bonds. The largest absolute Gasteiger partial charge is 0.335 e. The molecule has 92 valence electrons. The van der Waals surface area contributed by atoms with Crippen LogP contribution in [0.4, 0.5) is 10.5 Å². The van der Waals surface area contributed by atoms with Gasteiger partial charge in [-0.25, -0.2) is 4.79 Å². The molecule has 2 rings (SSSR count). The van der Waals surface area contributed by atoms with Crippen LogP contribution in [-0.2, 0) is 0 Å². The summed E-state index contributed by atoms with van der Waals surface area (Å²) in [5.41, 5.74) is 1.96. The maximum Gasteiger partial charge on any atom is 0.319 e. The lowest BCUT2D eigenvalue weighted by molar-refractivity contribution is 0.248. The Morgan fingerprint density at radius 3 is 2.76 bits per heavy atom. The fourth-order valence-corrected chi connectivity index (χ4v) is 2.39. The van der Waals surface area contributed by atoms with Crippen LogP contribution in [0, 0.1) is 12.8 Å². The van der Waals surface area contributed by atoms with Crippen LogP contribution >= 0.6 is 15.9 Å². The van der Waals surface area contributed by atoms with E-state index in [-0.39, 0.29) is 12.1 Å². The number of hydrogen-bond donors (Lipinski definition) is 2. The summed E-state index contributed by atoms with van der Waals surface area (Å²) >= 11 is 3.44. The van der Waals surface area contributed by atoms with Gasteiger partial charge in [0.15, 0.2) is 0 Å². The van der Waals surface area contributed by atoms with Gasteiger partial charge in [0, 0.05) is 10.5 Å². The maximum absolute atomic E-state index is 11.7. The zero-order valence-electron chi connectivity index (χ0n) is 10.1. The van der Waals surface area contributed by atoms with E-state index in [1.165, 1.54) is 12.8 Å². The highest BCUT2D eigenvalue weighted by Crippen LogP contribution is 2.32. The second-order valence-electron chi connectivity index (χ2n) is 4.71. The minimum Gasteiger partial charge on any atom is -0.335 e. The number of rotatable bonds is 3. The number of anilines is 1. The molecule has 1 atom stereocenters. The molecule has 0 aromatic heterocycles. The predicted octanol–water partition coefficient (Wildman–Crippen LogP) is 3.68. The van der Waals surface area contributed by atoms with Crippen LogP contribution in [0.5, 0.6) is 0 Å². The van der Waals surface area contributed by atoms with Crippen LogP contribution < -0.4 is 10.6 Å². The van der Waals surface area contributed by atoms with Gasteiger partial charge in [0.05, 0.1) is 5.69 Å². The summed E-state index contributed by atoms with van der Waals surface area (Å²) in [7, 11) is 0. The Balaban J connectivity index is 1.92. The fourth-order valence-electron chi connectivity index (χ4n) is 1.80. The second-order valence-corrected chi connectivity index (χ2v) is 5.56. The normalized spacial score (nSPS) is 16.4. The van der Waals surface area contributed by atoms with Crippen molar-refractivity contribution in [3.05, 3.63) is 28.2 Å². The quantitative estimate of drug-likeness (QED) is 0.878. The van der Waals surface area contributed by atoms with Gasteiger partial charge in [-0.2, -0.15) is 0 Å². The van der Waals surface area contributed by atoms with Crippen molar-refractivity contribution in [3.8, 4) is 0 Å². The number of nitrogens with one attached hydrogen (secondary N) is 2. The molecule has 1 aliphatic rings. The predicted molar refractivity (Wildman–Crippen MR) is 73.2 cm³/mol. The average molecular weight is 297 g/mol. The number of amides is 2. The smallest absolute Gasteiger partial charge is 0.319 e. The van der Waals surface area contributed by atoms with Crippen molar-refractivity contribution in [1.29, 1.82) is 0 Å². The Bertz CT molecular complexity index is 429. The lowest BCUT2D eigenvalue weighted by Gasteiger charge is -2.14. The second kappa shape index (κ2) is 5.08. The average Bonchev–Trinajstić information content (AvgIpc) is 3.05. The van der Waals surface area contributed by atoms with Gasteiger partial charge in [0.1, 0.15) is 0 Å². The van der Waals surface area contributed by atoms with Crippen LogP contribution in [0.15, 0.2) is 22.7 Å². The van der Waals surface area contributed by atoms with Crippen molar-refractivity contribution in [2.45, 2.75) is 32.7 Å². The summed E-state index contributed by atoms with van der Waals surface area (Å²) in [5, 5.41) is 5.82. The molecule has 3 nitrogen and oxygen atoms in total. The Labute approximate surface area is 110 Å². The maximum atomic E-state index is 11.7. The molecule has 1 aromatic carbocycles. The summed E-state index contributed by atoms with van der Waals surface area (Å²) in [6.07, 6.45) is 2.46. The number of halogens is 1. The van der Waals surface area contributed by atoms with Crippen LogP contribution in [0.25, 0.3) is 0 Å². The topological polar surface area (TPSA) is 41.1 Å². The van der Waals surface area contributed by atoms with E-state index in [1.54, 1.807) is 0 Å². The zero-order chi connectivity index (χ0) is 12.4. The van der Waals surface area contributed by atoms with E-state index in [2.05, 4.69) is 33.5 Å². The molecule has 1 unspecified atom stereocenters. The molecule has 0 spiro atoms. The SMILES string of the molecule is Cc1ccc(NC(=O)NC(C)C2CC2)c(Br)c1. The first-order valence-electron chi connectivity index (χ1n) is 5.90. The zero-order valence-corrected chi connectivity index (χ0v) is 11.7. The van der Waals surface area contributed by atoms with Crippen molar-refractivity contribution in [2.24, 2.45) is 5.92 Å². The van der Waals surface area contributed by atoms with Crippen molar-refractivity contribution in [2.75, 3.05) is 5.32 Å². The number of carbonyl (C=O) groups excluding carboxylic acids is 1. The standard InChI is InChI=1S/C13H17BrN2O/c1-8-3-6-12(11(14)7-8)16-13(17)15-9(2)10-4-5-10/h3,6-7,9-10H,4-5H2,1-2H3,(H2,15,16,17). The highest BCUT2D eigenvalue weighted by atomic mass is 79.9. The molecule has 1 aromatic rings. The number of aryl methyl sites for hydroxylation is 1. The minimum absolute atomic E-state index is 0.131. The molecule has 4 heteroatoms. The first-order valence-corrected chi connectivity index (χ1v) is 6.69. The van der Waals surface area contributed by atoms with Crippen LogP contribution in [0.2, 0.25) is 0 Å². The fraction of sp³-hybridized carbons (Fsp3) is 0.462. The Morgan fingerprint density at radius 1 is 1.47 bits per heavy atom. The number of urea groups is 1. The molecule has 1 aliphatic carbocycles. The summed E-state index contributed by atoms with van der Waals surface area (Å²) in [4.78, 5) is 11.7. The van der Waals surface area contributed by atoms with Gasteiger partial charge in [0.2, 0.25) is 0 Å².